The summed E-state index contributed by atoms with van der Waals surface area (Å²) >= 11 is 7.46. The molecule has 178 valence electrons. The summed E-state index contributed by atoms with van der Waals surface area (Å²) in [5.41, 5.74) is 0.628. The minimum atomic E-state index is -0.630. The minimum absolute atomic E-state index is 0.151. The van der Waals surface area contributed by atoms with Crippen LogP contribution in [0.25, 0.3) is 5.76 Å². The molecule has 2 heterocycles. The van der Waals surface area contributed by atoms with E-state index in [1.54, 1.807) is 29.2 Å². The van der Waals surface area contributed by atoms with Crippen molar-refractivity contribution in [2.75, 3.05) is 26.2 Å². The number of carbonyl (C=O) groups is 2. The number of ketones is 1. The Bertz CT molecular complexity index is 948. The lowest BCUT2D eigenvalue weighted by atomic mass is 10.00. The molecule has 1 aliphatic heterocycles. The summed E-state index contributed by atoms with van der Waals surface area (Å²) in [4.78, 5) is 31.0. The minimum Gasteiger partial charge on any atom is -0.507 e. The summed E-state index contributed by atoms with van der Waals surface area (Å²) in [5, 5.41) is 13.5. The van der Waals surface area contributed by atoms with Gasteiger partial charge in [0.25, 0.3) is 11.7 Å². The molecule has 0 saturated carbocycles. The molecule has 1 saturated heterocycles. The normalized spacial score (nSPS) is 17.9. The first-order valence-electron chi connectivity index (χ1n) is 11.8. The highest BCUT2D eigenvalue weighted by Crippen LogP contribution is 2.41. The van der Waals surface area contributed by atoms with E-state index >= 15 is 0 Å². The van der Waals surface area contributed by atoms with E-state index in [0.717, 1.165) is 56.6 Å². The second kappa shape index (κ2) is 12.4. The summed E-state index contributed by atoms with van der Waals surface area (Å²) < 4.78 is 0. The van der Waals surface area contributed by atoms with E-state index < -0.39 is 17.7 Å². The third-order valence-corrected chi connectivity index (χ3v) is 7.18. The number of aliphatic hydroxyl groups is 1. The van der Waals surface area contributed by atoms with Crippen molar-refractivity contribution in [2.24, 2.45) is 0 Å². The lowest BCUT2D eigenvalue weighted by molar-refractivity contribution is -0.139. The molecule has 5 nitrogen and oxygen atoms in total. The van der Waals surface area contributed by atoms with Gasteiger partial charge in [0.05, 0.1) is 11.6 Å². The van der Waals surface area contributed by atoms with Crippen molar-refractivity contribution in [3.05, 3.63) is 62.8 Å². The van der Waals surface area contributed by atoms with E-state index in [1.165, 1.54) is 11.3 Å². The molecule has 0 bridgehead atoms. The van der Waals surface area contributed by atoms with Gasteiger partial charge in [-0.1, -0.05) is 44.4 Å². The van der Waals surface area contributed by atoms with Crippen LogP contribution in [0.15, 0.2) is 47.4 Å². The number of Topliss-reactive ketones (excluding diaryl/α,β-unsaturated/α-hetero) is 1. The van der Waals surface area contributed by atoms with Gasteiger partial charge in [0.2, 0.25) is 0 Å². The number of thiophene rings is 1. The Kier molecular flexibility index (Phi) is 9.53. The monoisotopic (exact) mass is 488 g/mol. The average molecular weight is 489 g/mol. The van der Waals surface area contributed by atoms with Crippen LogP contribution in [0.4, 0.5) is 0 Å². The van der Waals surface area contributed by atoms with Gasteiger partial charge in [-0.2, -0.15) is 0 Å². The lowest BCUT2D eigenvalue weighted by Crippen LogP contribution is -2.34. The Morgan fingerprint density at radius 1 is 1.03 bits per heavy atom. The second-order valence-electron chi connectivity index (χ2n) is 8.42. The van der Waals surface area contributed by atoms with Crippen molar-refractivity contribution in [1.29, 1.82) is 0 Å². The summed E-state index contributed by atoms with van der Waals surface area (Å²) in [5.74, 6) is -1.33. The fourth-order valence-electron chi connectivity index (χ4n) is 4.18. The molecule has 1 N–H and O–H groups in total. The molecule has 1 fully saturated rings. The maximum Gasteiger partial charge on any atom is 0.295 e. The molecule has 1 unspecified atom stereocenters. The number of likely N-dealkylation sites (tertiary alicyclic amines) is 1. The summed E-state index contributed by atoms with van der Waals surface area (Å²) in [6, 6.07) is 9.89. The predicted octanol–water partition coefficient (Wildman–Crippen LogP) is 6.12. The number of hydrogen-bond acceptors (Lipinski definition) is 5. The fraction of sp³-hybridized carbons (Fsp3) is 0.462. The van der Waals surface area contributed by atoms with Gasteiger partial charge >= 0.3 is 0 Å². The molecule has 3 rings (SSSR count). The fourth-order valence-corrected chi connectivity index (χ4v) is 5.15. The molecule has 1 amide bonds. The average Bonchev–Trinajstić information content (AvgIpc) is 3.43. The van der Waals surface area contributed by atoms with Gasteiger partial charge in [0, 0.05) is 22.0 Å². The van der Waals surface area contributed by atoms with Crippen LogP contribution in [0.3, 0.4) is 0 Å². The highest BCUT2D eigenvalue weighted by atomic mass is 35.5. The van der Waals surface area contributed by atoms with Crippen molar-refractivity contribution >= 4 is 40.4 Å². The number of benzene rings is 1. The molecule has 0 aliphatic carbocycles. The SMILES string of the molecule is CCCCN(CCCC)CCCN1C(=O)C(=O)C(=C(O)c2ccc(Cl)cc2)C1c1cccs1. The molecule has 1 aromatic heterocycles. The molecule has 1 aromatic carbocycles. The first-order chi connectivity index (χ1) is 16.0. The van der Waals surface area contributed by atoms with Crippen molar-refractivity contribution < 1.29 is 14.7 Å². The first kappa shape index (κ1) is 25.5. The quantitative estimate of drug-likeness (QED) is 0.222. The van der Waals surface area contributed by atoms with E-state index in [-0.39, 0.29) is 11.3 Å². The van der Waals surface area contributed by atoms with Crippen molar-refractivity contribution in [3.8, 4) is 0 Å². The number of aliphatic hydroxyl groups excluding tert-OH is 1. The van der Waals surface area contributed by atoms with Crippen molar-refractivity contribution in [2.45, 2.75) is 52.0 Å². The van der Waals surface area contributed by atoms with E-state index in [2.05, 4.69) is 18.7 Å². The van der Waals surface area contributed by atoms with E-state index in [4.69, 9.17) is 11.6 Å². The Labute approximate surface area is 205 Å². The van der Waals surface area contributed by atoms with E-state index in [9.17, 15) is 14.7 Å². The second-order valence-corrected chi connectivity index (χ2v) is 9.83. The topological polar surface area (TPSA) is 60.9 Å². The molecule has 1 aliphatic rings. The summed E-state index contributed by atoms with van der Waals surface area (Å²) in [7, 11) is 0. The van der Waals surface area contributed by atoms with Crippen LogP contribution in [0, 0.1) is 0 Å². The zero-order valence-electron chi connectivity index (χ0n) is 19.4. The van der Waals surface area contributed by atoms with Crippen LogP contribution >= 0.6 is 22.9 Å². The number of rotatable bonds is 12. The zero-order valence-corrected chi connectivity index (χ0v) is 21.0. The molecular formula is C26H33ClN2O3S. The number of nitrogens with zero attached hydrogens (tertiary/aromatic N) is 2. The van der Waals surface area contributed by atoms with E-state index in [1.807, 2.05) is 17.5 Å². The van der Waals surface area contributed by atoms with Crippen LogP contribution in [0.1, 0.15) is 62.4 Å². The number of amides is 1. The highest BCUT2D eigenvalue weighted by molar-refractivity contribution is 7.10. The van der Waals surface area contributed by atoms with Crippen LogP contribution in [-0.2, 0) is 9.59 Å². The van der Waals surface area contributed by atoms with Crippen LogP contribution in [-0.4, -0.2) is 52.8 Å². The van der Waals surface area contributed by atoms with E-state index in [0.29, 0.717) is 17.1 Å². The Balaban J connectivity index is 1.83. The van der Waals surface area contributed by atoms with Crippen molar-refractivity contribution in [1.82, 2.24) is 9.80 Å². The third-order valence-electron chi connectivity index (χ3n) is 6.00. The Morgan fingerprint density at radius 3 is 2.24 bits per heavy atom. The summed E-state index contributed by atoms with van der Waals surface area (Å²) in [6.45, 7) is 7.86. The third kappa shape index (κ3) is 6.25. The lowest BCUT2D eigenvalue weighted by Gasteiger charge is -2.26. The molecule has 7 heteroatoms. The van der Waals surface area contributed by atoms with Gasteiger partial charge in [0.1, 0.15) is 5.76 Å². The Hall–Kier alpha value is -2.15. The highest BCUT2D eigenvalue weighted by Gasteiger charge is 2.46. The number of hydrogen-bond donors (Lipinski definition) is 1. The largest absolute Gasteiger partial charge is 0.507 e. The van der Waals surface area contributed by atoms with Gasteiger partial charge in [0.15, 0.2) is 0 Å². The van der Waals surface area contributed by atoms with Gasteiger partial charge < -0.3 is 14.9 Å². The molecule has 1 atom stereocenters. The van der Waals surface area contributed by atoms with Crippen LogP contribution in [0.2, 0.25) is 5.02 Å². The number of carbonyl (C=O) groups excluding carboxylic acids is 2. The zero-order chi connectivity index (χ0) is 23.8. The van der Waals surface area contributed by atoms with Crippen molar-refractivity contribution in [3.63, 3.8) is 0 Å². The molecule has 33 heavy (non-hydrogen) atoms. The maximum absolute atomic E-state index is 13.0. The van der Waals surface area contributed by atoms with Gasteiger partial charge in [-0.05, 0) is 74.6 Å². The molecule has 2 aromatic rings. The van der Waals surface area contributed by atoms with Gasteiger partial charge in [-0.25, -0.2) is 0 Å². The molecule has 0 spiro atoms. The smallest absolute Gasteiger partial charge is 0.295 e. The first-order valence-corrected chi connectivity index (χ1v) is 13.0. The molecule has 0 radical (unpaired) electrons. The Morgan fingerprint density at radius 2 is 1.67 bits per heavy atom. The standard InChI is InChI=1S/C26H33ClN2O3S/c1-3-5-14-28(15-6-4-2)16-8-17-29-23(21-9-7-18-33-21)22(25(31)26(29)32)24(30)19-10-12-20(27)13-11-19/h7,9-13,18,23,30H,3-6,8,14-17H2,1-2H3. The van der Waals surface area contributed by atoms with Crippen LogP contribution < -0.4 is 0 Å². The number of halogens is 1. The number of unbranched alkanes of at least 4 members (excludes halogenated alkanes) is 2. The maximum atomic E-state index is 13.0. The van der Waals surface area contributed by atoms with Crippen LogP contribution in [0.5, 0.6) is 0 Å². The summed E-state index contributed by atoms with van der Waals surface area (Å²) in [6.07, 6.45) is 5.40. The van der Waals surface area contributed by atoms with Gasteiger partial charge in [-0.3, -0.25) is 9.59 Å². The molecular weight excluding hydrogens is 456 g/mol. The predicted molar refractivity (Wildman–Crippen MR) is 136 cm³/mol. The van der Waals surface area contributed by atoms with Gasteiger partial charge in [-0.15, -0.1) is 11.3 Å².